The highest BCUT2D eigenvalue weighted by molar-refractivity contribution is 6.09. The molecule has 2 unspecified atom stereocenters. The Kier molecular flexibility index (Phi) is 7.00. The van der Waals surface area contributed by atoms with E-state index in [0.29, 0.717) is 11.1 Å². The smallest absolute Gasteiger partial charge is 0.328 e. The molecule has 5 N–H and O–H groups in total. The van der Waals surface area contributed by atoms with Crippen LogP contribution < -0.4 is 11.1 Å². The van der Waals surface area contributed by atoms with Crippen molar-refractivity contribution < 1.29 is 24.3 Å². The number of amides is 4. The van der Waals surface area contributed by atoms with Gasteiger partial charge in [0.2, 0.25) is 5.91 Å². The topological polar surface area (TPSA) is 157 Å². The van der Waals surface area contributed by atoms with Gasteiger partial charge >= 0.3 is 12.0 Å². The second kappa shape index (κ2) is 9.74. The molecule has 0 aromatic heterocycles. The Morgan fingerprint density at radius 1 is 1.12 bits per heavy atom. The van der Waals surface area contributed by atoms with Gasteiger partial charge in [0.05, 0.1) is 6.42 Å². The summed E-state index contributed by atoms with van der Waals surface area (Å²) in [6.45, 7) is 2.74. The second-order valence-electron chi connectivity index (χ2n) is 8.38. The van der Waals surface area contributed by atoms with E-state index in [0.717, 1.165) is 10.5 Å². The molecule has 2 aromatic carbocycles. The number of imide groups is 1. The predicted molar refractivity (Wildman–Crippen MR) is 124 cm³/mol. The zero-order valence-corrected chi connectivity index (χ0v) is 18.9. The molecule has 2 atom stereocenters. The highest BCUT2D eigenvalue weighted by Crippen LogP contribution is 2.38. The summed E-state index contributed by atoms with van der Waals surface area (Å²) in [6, 6.07) is 14.3. The lowest BCUT2D eigenvalue weighted by Crippen LogP contribution is -2.45. The van der Waals surface area contributed by atoms with Crippen LogP contribution in [0.25, 0.3) is 0 Å². The standard InChI is InChI=1S/C24H27N5O5/c1-15(12-20(31)32)27-19(30)14-28-22(33)24(2,18-10-8-17(9-11-18)21(25)26)29(23(28)34)13-16-6-4-3-5-7-16/h3-11,15H,12-14H2,1-2H3,(H3,25,26)(H,27,30)(H,31,32). The number of nitrogens with two attached hydrogens (primary N) is 1. The third-order valence-corrected chi connectivity index (χ3v) is 5.79. The fourth-order valence-corrected chi connectivity index (χ4v) is 3.96. The number of aliphatic carboxylic acids is 1. The first-order chi connectivity index (χ1) is 16.0. The van der Waals surface area contributed by atoms with Crippen molar-refractivity contribution in [1.29, 1.82) is 5.41 Å². The molecule has 4 amide bonds. The van der Waals surface area contributed by atoms with Crippen molar-refractivity contribution in [2.45, 2.75) is 38.4 Å². The molecule has 1 aliphatic heterocycles. The fraction of sp³-hybridized carbons (Fsp3) is 0.292. The van der Waals surface area contributed by atoms with Gasteiger partial charge < -0.3 is 21.1 Å². The molecule has 1 saturated heterocycles. The van der Waals surface area contributed by atoms with Crippen molar-refractivity contribution in [3.63, 3.8) is 0 Å². The number of carboxylic acid groups (broad SMARTS) is 1. The van der Waals surface area contributed by atoms with Gasteiger partial charge in [-0.1, -0.05) is 54.6 Å². The number of nitrogens with one attached hydrogen (secondary N) is 2. The number of hydrogen-bond acceptors (Lipinski definition) is 5. The molecule has 2 aromatic rings. The molecule has 178 valence electrons. The first kappa shape index (κ1) is 24.4. The van der Waals surface area contributed by atoms with Crippen LogP contribution in [-0.2, 0) is 26.5 Å². The number of rotatable bonds is 9. The SMILES string of the molecule is CC(CC(=O)O)NC(=O)CN1C(=O)N(Cc2ccccc2)C(C)(c2ccc(C(=N)N)cc2)C1=O. The summed E-state index contributed by atoms with van der Waals surface area (Å²) >= 11 is 0. The monoisotopic (exact) mass is 465 g/mol. The first-order valence-corrected chi connectivity index (χ1v) is 10.7. The van der Waals surface area contributed by atoms with Crippen LogP contribution in [0.3, 0.4) is 0 Å². The van der Waals surface area contributed by atoms with Crippen LogP contribution in [0.1, 0.15) is 37.0 Å². The number of carbonyl (C=O) groups excluding carboxylic acids is 3. The molecule has 1 fully saturated rings. The molecule has 34 heavy (non-hydrogen) atoms. The number of benzene rings is 2. The maximum atomic E-state index is 13.6. The van der Waals surface area contributed by atoms with Crippen LogP contribution in [-0.4, -0.2) is 57.1 Å². The number of amidine groups is 1. The number of nitrogens with zero attached hydrogens (tertiary/aromatic N) is 2. The normalized spacial score (nSPS) is 18.6. The summed E-state index contributed by atoms with van der Waals surface area (Å²) in [5.41, 5.74) is 5.92. The van der Waals surface area contributed by atoms with Crippen LogP contribution in [0.4, 0.5) is 4.79 Å². The van der Waals surface area contributed by atoms with Crippen molar-refractivity contribution in [2.75, 3.05) is 6.54 Å². The van der Waals surface area contributed by atoms with E-state index < -0.39 is 41.9 Å². The molecule has 10 heteroatoms. The Morgan fingerprint density at radius 3 is 2.29 bits per heavy atom. The van der Waals surface area contributed by atoms with Crippen molar-refractivity contribution in [2.24, 2.45) is 5.73 Å². The maximum absolute atomic E-state index is 13.6. The van der Waals surface area contributed by atoms with E-state index in [2.05, 4.69) is 5.32 Å². The van der Waals surface area contributed by atoms with Gasteiger partial charge in [0.15, 0.2) is 0 Å². The number of hydrogen-bond donors (Lipinski definition) is 4. The van der Waals surface area contributed by atoms with Gasteiger partial charge in [-0.15, -0.1) is 0 Å². The Labute approximate surface area is 196 Å². The highest BCUT2D eigenvalue weighted by atomic mass is 16.4. The van der Waals surface area contributed by atoms with Gasteiger partial charge in [-0.2, -0.15) is 0 Å². The Balaban J connectivity index is 1.93. The van der Waals surface area contributed by atoms with Crippen molar-refractivity contribution >= 4 is 29.7 Å². The number of carboxylic acids is 1. The summed E-state index contributed by atoms with van der Waals surface area (Å²) in [4.78, 5) is 52.6. The summed E-state index contributed by atoms with van der Waals surface area (Å²) in [6.07, 6.45) is -0.284. The minimum absolute atomic E-state index is 0.125. The molecule has 0 aliphatic carbocycles. The van der Waals surface area contributed by atoms with Crippen LogP contribution in [0.5, 0.6) is 0 Å². The minimum atomic E-state index is -1.41. The molecule has 3 rings (SSSR count). The molecule has 1 aliphatic rings. The maximum Gasteiger partial charge on any atom is 0.328 e. The molecule has 0 bridgehead atoms. The van der Waals surface area contributed by atoms with Gasteiger partial charge in [-0.05, 0) is 25.0 Å². The molecule has 1 heterocycles. The summed E-state index contributed by atoms with van der Waals surface area (Å²) in [7, 11) is 0. The Bertz CT molecular complexity index is 1120. The van der Waals surface area contributed by atoms with Gasteiger partial charge in [0, 0.05) is 18.2 Å². The van der Waals surface area contributed by atoms with E-state index in [1.165, 1.54) is 11.8 Å². The second-order valence-corrected chi connectivity index (χ2v) is 8.38. The van der Waals surface area contributed by atoms with Gasteiger partial charge in [-0.25, -0.2) is 4.79 Å². The third kappa shape index (κ3) is 4.90. The van der Waals surface area contributed by atoms with E-state index in [1.807, 2.05) is 30.3 Å². The molecule has 0 saturated carbocycles. The van der Waals surface area contributed by atoms with E-state index in [4.69, 9.17) is 16.2 Å². The number of nitrogen functional groups attached to an aromatic ring is 1. The molecule has 0 spiro atoms. The molecular formula is C24H27N5O5. The van der Waals surface area contributed by atoms with Crippen molar-refractivity contribution in [3.8, 4) is 0 Å². The largest absolute Gasteiger partial charge is 0.481 e. The Morgan fingerprint density at radius 2 is 1.74 bits per heavy atom. The summed E-state index contributed by atoms with van der Waals surface area (Å²) in [5, 5.41) is 19.0. The van der Waals surface area contributed by atoms with Crippen molar-refractivity contribution in [1.82, 2.24) is 15.1 Å². The predicted octanol–water partition coefficient (Wildman–Crippen LogP) is 1.63. The Hall–Kier alpha value is -4.21. The minimum Gasteiger partial charge on any atom is -0.481 e. The van der Waals surface area contributed by atoms with Gasteiger partial charge in [0.1, 0.15) is 17.9 Å². The number of carbonyl (C=O) groups is 4. The molecular weight excluding hydrogens is 438 g/mol. The highest BCUT2D eigenvalue weighted by Gasteiger charge is 2.55. The lowest BCUT2D eigenvalue weighted by atomic mass is 9.89. The van der Waals surface area contributed by atoms with E-state index in [9.17, 15) is 19.2 Å². The zero-order valence-electron chi connectivity index (χ0n) is 18.9. The quantitative estimate of drug-likeness (QED) is 0.250. The average Bonchev–Trinajstić information content (AvgIpc) is 2.95. The van der Waals surface area contributed by atoms with Gasteiger partial charge in [0.25, 0.3) is 5.91 Å². The van der Waals surface area contributed by atoms with E-state index in [-0.39, 0.29) is 18.8 Å². The summed E-state index contributed by atoms with van der Waals surface area (Å²) in [5.74, 6) is -2.41. The summed E-state index contributed by atoms with van der Waals surface area (Å²) < 4.78 is 0. The fourth-order valence-electron chi connectivity index (χ4n) is 3.96. The van der Waals surface area contributed by atoms with Crippen LogP contribution in [0.2, 0.25) is 0 Å². The average molecular weight is 466 g/mol. The lowest BCUT2D eigenvalue weighted by molar-refractivity contribution is -0.138. The van der Waals surface area contributed by atoms with Crippen LogP contribution >= 0.6 is 0 Å². The van der Waals surface area contributed by atoms with E-state index >= 15 is 0 Å². The van der Waals surface area contributed by atoms with E-state index in [1.54, 1.807) is 31.2 Å². The molecule has 10 nitrogen and oxygen atoms in total. The number of urea groups is 1. The molecule has 0 radical (unpaired) electrons. The zero-order chi connectivity index (χ0) is 25.0. The van der Waals surface area contributed by atoms with Crippen molar-refractivity contribution in [3.05, 3.63) is 71.3 Å². The lowest BCUT2D eigenvalue weighted by Gasteiger charge is -2.32. The van der Waals surface area contributed by atoms with Crippen LogP contribution in [0, 0.1) is 5.41 Å². The third-order valence-electron chi connectivity index (χ3n) is 5.79. The first-order valence-electron chi connectivity index (χ1n) is 10.7. The van der Waals surface area contributed by atoms with Gasteiger partial charge in [-0.3, -0.25) is 24.7 Å². The van der Waals surface area contributed by atoms with Crippen LogP contribution in [0.15, 0.2) is 54.6 Å².